The van der Waals surface area contributed by atoms with Crippen molar-refractivity contribution in [2.75, 3.05) is 53.4 Å². The molecule has 1 saturated heterocycles. The Labute approximate surface area is 155 Å². The number of likely N-dealkylation sites (N-methyl/N-ethyl adjacent to an activating group) is 1. The SMILES string of the molecule is CN(C)C(=O)CN=C(NCCc1ccco1)N1CCC(N2CC=CC2)C1. The molecule has 3 rings (SSSR count). The molecule has 1 N–H and O–H groups in total. The Kier molecular flexibility index (Phi) is 6.33. The second-order valence-electron chi connectivity index (χ2n) is 7.00. The topological polar surface area (TPSA) is 64.3 Å². The van der Waals surface area contributed by atoms with E-state index < -0.39 is 0 Å². The highest BCUT2D eigenvalue weighted by Gasteiger charge is 2.29. The summed E-state index contributed by atoms with van der Waals surface area (Å²) in [4.78, 5) is 22.9. The third-order valence-electron chi connectivity index (χ3n) is 4.92. The number of rotatable bonds is 6. The summed E-state index contributed by atoms with van der Waals surface area (Å²) in [7, 11) is 3.52. The molecule has 0 spiro atoms. The molecule has 0 bridgehead atoms. The molecule has 1 aromatic rings. The zero-order valence-electron chi connectivity index (χ0n) is 15.7. The lowest BCUT2D eigenvalue weighted by Gasteiger charge is -2.25. The van der Waals surface area contributed by atoms with E-state index in [1.54, 1.807) is 25.3 Å². The average molecular weight is 359 g/mol. The molecule has 1 aromatic heterocycles. The number of hydrogen-bond donors (Lipinski definition) is 1. The minimum atomic E-state index is 0.00910. The highest BCUT2D eigenvalue weighted by Crippen LogP contribution is 2.18. The number of nitrogens with one attached hydrogen (secondary N) is 1. The Morgan fingerprint density at radius 2 is 2.19 bits per heavy atom. The summed E-state index contributed by atoms with van der Waals surface area (Å²) < 4.78 is 5.39. The standard InChI is InChI=1S/C19H29N5O2/c1-22(2)18(25)14-21-19(20-9-7-17-6-5-13-26-17)24-12-8-16(15-24)23-10-3-4-11-23/h3-6,13,16H,7-12,14-15H2,1-2H3,(H,20,21). The van der Waals surface area contributed by atoms with Crippen LogP contribution in [-0.2, 0) is 11.2 Å². The normalized spacial score (nSPS) is 20.8. The summed E-state index contributed by atoms with van der Waals surface area (Å²) >= 11 is 0. The predicted octanol–water partition coefficient (Wildman–Crippen LogP) is 0.802. The number of aliphatic imine (C=N–C) groups is 1. The lowest BCUT2D eigenvalue weighted by Crippen LogP contribution is -2.44. The molecule has 3 heterocycles. The van der Waals surface area contributed by atoms with Gasteiger partial charge in [-0.05, 0) is 18.6 Å². The van der Waals surface area contributed by atoms with Crippen molar-refractivity contribution in [3.8, 4) is 0 Å². The van der Waals surface area contributed by atoms with E-state index in [0.717, 1.165) is 57.3 Å². The fourth-order valence-electron chi connectivity index (χ4n) is 3.33. The first-order valence-corrected chi connectivity index (χ1v) is 9.28. The van der Waals surface area contributed by atoms with Crippen LogP contribution in [0.5, 0.6) is 0 Å². The van der Waals surface area contributed by atoms with Crippen molar-refractivity contribution in [3.63, 3.8) is 0 Å². The first-order valence-electron chi connectivity index (χ1n) is 9.28. The van der Waals surface area contributed by atoms with E-state index in [-0.39, 0.29) is 12.5 Å². The van der Waals surface area contributed by atoms with E-state index in [0.29, 0.717) is 6.04 Å². The maximum absolute atomic E-state index is 11.9. The van der Waals surface area contributed by atoms with Gasteiger partial charge in [-0.1, -0.05) is 12.2 Å². The van der Waals surface area contributed by atoms with Crippen LogP contribution < -0.4 is 5.32 Å². The Hall–Kier alpha value is -2.28. The van der Waals surface area contributed by atoms with E-state index in [4.69, 9.17) is 4.42 Å². The largest absolute Gasteiger partial charge is 0.469 e. The lowest BCUT2D eigenvalue weighted by atomic mass is 10.2. The molecule has 7 heteroatoms. The number of carbonyl (C=O) groups is 1. The molecule has 1 unspecified atom stereocenters. The lowest BCUT2D eigenvalue weighted by molar-refractivity contribution is -0.127. The van der Waals surface area contributed by atoms with Gasteiger partial charge < -0.3 is 19.5 Å². The van der Waals surface area contributed by atoms with E-state index in [1.165, 1.54) is 0 Å². The Bertz CT molecular complexity index is 630. The fourth-order valence-corrected chi connectivity index (χ4v) is 3.33. The molecule has 26 heavy (non-hydrogen) atoms. The number of guanidine groups is 1. The maximum Gasteiger partial charge on any atom is 0.243 e. The summed E-state index contributed by atoms with van der Waals surface area (Å²) in [5.41, 5.74) is 0. The van der Waals surface area contributed by atoms with Gasteiger partial charge in [0.2, 0.25) is 5.91 Å². The van der Waals surface area contributed by atoms with E-state index in [2.05, 4.69) is 32.3 Å². The predicted molar refractivity (Wildman–Crippen MR) is 102 cm³/mol. The van der Waals surface area contributed by atoms with E-state index >= 15 is 0 Å². The van der Waals surface area contributed by atoms with Gasteiger partial charge in [-0.2, -0.15) is 0 Å². The van der Waals surface area contributed by atoms with Crippen molar-refractivity contribution in [1.82, 2.24) is 20.0 Å². The van der Waals surface area contributed by atoms with Gasteiger partial charge in [0.15, 0.2) is 5.96 Å². The van der Waals surface area contributed by atoms with Crippen molar-refractivity contribution in [2.45, 2.75) is 18.9 Å². The summed E-state index contributed by atoms with van der Waals surface area (Å²) in [5, 5.41) is 3.42. The van der Waals surface area contributed by atoms with Gasteiger partial charge in [-0.15, -0.1) is 0 Å². The number of nitrogens with zero attached hydrogens (tertiary/aromatic N) is 4. The van der Waals surface area contributed by atoms with Gasteiger partial charge in [0.1, 0.15) is 12.3 Å². The highest BCUT2D eigenvalue weighted by molar-refractivity contribution is 5.85. The van der Waals surface area contributed by atoms with Crippen LogP contribution in [0.4, 0.5) is 0 Å². The van der Waals surface area contributed by atoms with Gasteiger partial charge >= 0.3 is 0 Å². The molecule has 0 aromatic carbocycles. The van der Waals surface area contributed by atoms with Crippen LogP contribution in [0.15, 0.2) is 40.0 Å². The van der Waals surface area contributed by atoms with Crippen molar-refractivity contribution >= 4 is 11.9 Å². The van der Waals surface area contributed by atoms with Crippen molar-refractivity contribution in [1.29, 1.82) is 0 Å². The van der Waals surface area contributed by atoms with Crippen LogP contribution in [0.3, 0.4) is 0 Å². The summed E-state index contributed by atoms with van der Waals surface area (Å²) in [6, 6.07) is 4.42. The Morgan fingerprint density at radius 1 is 1.38 bits per heavy atom. The maximum atomic E-state index is 11.9. The van der Waals surface area contributed by atoms with Gasteiger partial charge in [-0.3, -0.25) is 9.69 Å². The van der Waals surface area contributed by atoms with E-state index in [9.17, 15) is 4.79 Å². The number of amides is 1. The smallest absolute Gasteiger partial charge is 0.243 e. The quantitative estimate of drug-likeness (QED) is 0.462. The number of carbonyl (C=O) groups excluding carboxylic acids is 1. The molecule has 1 atom stereocenters. The van der Waals surface area contributed by atoms with Crippen LogP contribution in [0.1, 0.15) is 12.2 Å². The average Bonchev–Trinajstić information content (AvgIpc) is 3.39. The molecule has 0 saturated carbocycles. The van der Waals surface area contributed by atoms with Crippen molar-refractivity contribution in [2.24, 2.45) is 4.99 Å². The minimum absolute atomic E-state index is 0.00910. The monoisotopic (exact) mass is 359 g/mol. The number of furan rings is 1. The molecule has 2 aliphatic rings. The van der Waals surface area contributed by atoms with Gasteiger partial charge in [0.25, 0.3) is 0 Å². The van der Waals surface area contributed by atoms with Crippen LogP contribution in [0.2, 0.25) is 0 Å². The van der Waals surface area contributed by atoms with E-state index in [1.807, 2.05) is 12.1 Å². The van der Waals surface area contributed by atoms with Gasteiger partial charge in [0.05, 0.1) is 6.26 Å². The van der Waals surface area contributed by atoms with Crippen LogP contribution in [0, 0.1) is 0 Å². The first kappa shape index (κ1) is 18.5. The molecule has 0 radical (unpaired) electrons. The second-order valence-corrected chi connectivity index (χ2v) is 7.00. The first-order chi connectivity index (χ1) is 12.6. The fraction of sp³-hybridized carbons (Fsp3) is 0.579. The Morgan fingerprint density at radius 3 is 2.88 bits per heavy atom. The zero-order valence-corrected chi connectivity index (χ0v) is 15.7. The molecular weight excluding hydrogens is 330 g/mol. The molecule has 1 amide bonds. The second kappa shape index (κ2) is 8.89. The molecule has 142 valence electrons. The third kappa shape index (κ3) is 4.88. The molecule has 0 aliphatic carbocycles. The zero-order chi connectivity index (χ0) is 18.4. The number of hydrogen-bond acceptors (Lipinski definition) is 4. The minimum Gasteiger partial charge on any atom is -0.469 e. The highest BCUT2D eigenvalue weighted by atomic mass is 16.3. The van der Waals surface area contributed by atoms with Crippen molar-refractivity contribution in [3.05, 3.63) is 36.3 Å². The summed E-state index contributed by atoms with van der Waals surface area (Å²) in [5.74, 6) is 1.78. The Balaban J connectivity index is 1.58. The summed E-state index contributed by atoms with van der Waals surface area (Å²) in [6.07, 6.45) is 8.07. The summed E-state index contributed by atoms with van der Waals surface area (Å²) in [6.45, 7) is 4.89. The molecular formula is C19H29N5O2. The molecule has 7 nitrogen and oxygen atoms in total. The number of likely N-dealkylation sites (tertiary alicyclic amines) is 1. The molecule has 1 fully saturated rings. The third-order valence-corrected chi connectivity index (χ3v) is 4.92. The molecule has 2 aliphatic heterocycles. The van der Waals surface area contributed by atoms with Crippen LogP contribution in [0.25, 0.3) is 0 Å². The van der Waals surface area contributed by atoms with Crippen molar-refractivity contribution < 1.29 is 9.21 Å². The van der Waals surface area contributed by atoms with Gasteiger partial charge in [0, 0.05) is 59.3 Å². The van der Waals surface area contributed by atoms with Crippen LogP contribution >= 0.6 is 0 Å². The van der Waals surface area contributed by atoms with Crippen LogP contribution in [-0.4, -0.2) is 86.0 Å². The van der Waals surface area contributed by atoms with Gasteiger partial charge in [-0.25, -0.2) is 4.99 Å².